The third kappa shape index (κ3) is 7.64. The number of ether oxygens (including phenoxy) is 1. The van der Waals surface area contributed by atoms with Crippen LogP contribution in [0.1, 0.15) is 52.4 Å². The molecule has 0 aliphatic carbocycles. The van der Waals surface area contributed by atoms with Crippen molar-refractivity contribution in [2.45, 2.75) is 58.4 Å². The van der Waals surface area contributed by atoms with Crippen LogP contribution in [-0.4, -0.2) is 55.7 Å². The number of nitrogens with zero attached hydrogens (tertiary/aromatic N) is 1. The summed E-state index contributed by atoms with van der Waals surface area (Å²) >= 11 is 0. The van der Waals surface area contributed by atoms with Crippen molar-refractivity contribution in [2.75, 3.05) is 32.8 Å². The predicted molar refractivity (Wildman–Crippen MR) is 86.8 cm³/mol. The zero-order chi connectivity index (χ0) is 16.2. The van der Waals surface area contributed by atoms with E-state index >= 15 is 0 Å². The number of likely N-dealkylation sites (tertiary alicyclic amines) is 1. The summed E-state index contributed by atoms with van der Waals surface area (Å²) in [4.78, 5) is 25.0. The molecule has 2 amide bonds. The molecule has 0 bridgehead atoms. The monoisotopic (exact) mass is 313 g/mol. The summed E-state index contributed by atoms with van der Waals surface area (Å²) in [6, 6.07) is 0.388. The van der Waals surface area contributed by atoms with Gasteiger partial charge in [-0.25, -0.2) is 4.79 Å². The molecule has 2 N–H and O–H groups in total. The maximum Gasteiger partial charge on any atom is 0.409 e. The molecule has 0 aromatic carbocycles. The first-order valence-corrected chi connectivity index (χ1v) is 8.59. The molecule has 0 atom stereocenters. The van der Waals surface area contributed by atoms with Gasteiger partial charge in [0.1, 0.15) is 0 Å². The maximum absolute atomic E-state index is 11.6. The highest BCUT2D eigenvalue weighted by Crippen LogP contribution is 2.11. The van der Waals surface area contributed by atoms with Crippen LogP contribution in [0.3, 0.4) is 0 Å². The Morgan fingerprint density at radius 3 is 2.50 bits per heavy atom. The molecule has 22 heavy (non-hydrogen) atoms. The van der Waals surface area contributed by atoms with Gasteiger partial charge in [-0.3, -0.25) is 4.79 Å². The molecule has 1 fully saturated rings. The molecule has 128 valence electrons. The van der Waals surface area contributed by atoms with Gasteiger partial charge in [-0.05, 0) is 26.2 Å². The molecule has 0 aromatic rings. The topological polar surface area (TPSA) is 70.7 Å². The first-order chi connectivity index (χ1) is 10.7. The average molecular weight is 313 g/mol. The lowest BCUT2D eigenvalue weighted by Gasteiger charge is -2.31. The zero-order valence-corrected chi connectivity index (χ0v) is 14.0. The lowest BCUT2D eigenvalue weighted by molar-refractivity contribution is -0.121. The van der Waals surface area contributed by atoms with Crippen LogP contribution in [0.15, 0.2) is 0 Å². The first kappa shape index (κ1) is 18.7. The molecule has 0 saturated carbocycles. The SMILES string of the molecule is CCCCCNC(=O)CCNC1CCN(C(=O)OCC)CC1. The van der Waals surface area contributed by atoms with E-state index in [0.717, 1.165) is 45.3 Å². The van der Waals surface area contributed by atoms with Gasteiger partial charge >= 0.3 is 6.09 Å². The van der Waals surface area contributed by atoms with E-state index < -0.39 is 0 Å². The van der Waals surface area contributed by atoms with Crippen molar-refractivity contribution in [1.29, 1.82) is 0 Å². The molecular formula is C16H31N3O3. The number of nitrogens with one attached hydrogen (secondary N) is 2. The van der Waals surface area contributed by atoms with E-state index in [1.165, 1.54) is 6.42 Å². The molecule has 0 aromatic heterocycles. The molecule has 6 nitrogen and oxygen atoms in total. The standard InChI is InChI=1S/C16H31N3O3/c1-3-5-6-10-18-15(20)7-11-17-14-8-12-19(13-9-14)16(21)22-4-2/h14,17H,3-13H2,1-2H3,(H,18,20). The number of amides is 2. The molecule has 1 aliphatic heterocycles. The maximum atomic E-state index is 11.6. The summed E-state index contributed by atoms with van der Waals surface area (Å²) in [5.41, 5.74) is 0. The van der Waals surface area contributed by atoms with E-state index in [-0.39, 0.29) is 12.0 Å². The van der Waals surface area contributed by atoms with Crippen LogP contribution < -0.4 is 10.6 Å². The minimum absolute atomic E-state index is 0.118. The van der Waals surface area contributed by atoms with Gasteiger partial charge in [0.25, 0.3) is 0 Å². The van der Waals surface area contributed by atoms with E-state index in [1.807, 2.05) is 6.92 Å². The number of unbranched alkanes of at least 4 members (excludes halogenated alkanes) is 2. The summed E-state index contributed by atoms with van der Waals surface area (Å²) in [5.74, 6) is 0.118. The van der Waals surface area contributed by atoms with E-state index in [2.05, 4.69) is 17.6 Å². The molecule has 0 unspecified atom stereocenters. The summed E-state index contributed by atoms with van der Waals surface area (Å²) in [5, 5.41) is 6.35. The van der Waals surface area contributed by atoms with E-state index in [1.54, 1.807) is 4.90 Å². The quantitative estimate of drug-likeness (QED) is 0.638. The van der Waals surface area contributed by atoms with Crippen molar-refractivity contribution < 1.29 is 14.3 Å². The van der Waals surface area contributed by atoms with Gasteiger partial charge in [-0.2, -0.15) is 0 Å². The smallest absolute Gasteiger partial charge is 0.409 e. The third-order valence-electron chi connectivity index (χ3n) is 3.91. The number of hydrogen-bond acceptors (Lipinski definition) is 4. The Balaban J connectivity index is 2.05. The van der Waals surface area contributed by atoms with Crippen LogP contribution >= 0.6 is 0 Å². The molecule has 1 saturated heterocycles. The highest BCUT2D eigenvalue weighted by molar-refractivity contribution is 5.76. The molecule has 6 heteroatoms. The van der Waals surface area contributed by atoms with Gasteiger partial charge in [-0.1, -0.05) is 19.8 Å². The largest absolute Gasteiger partial charge is 0.450 e. The second-order valence-corrected chi connectivity index (χ2v) is 5.72. The molecule has 1 aliphatic rings. The fraction of sp³-hybridized carbons (Fsp3) is 0.875. The fourth-order valence-corrected chi connectivity index (χ4v) is 2.56. The lowest BCUT2D eigenvalue weighted by Crippen LogP contribution is -2.45. The highest BCUT2D eigenvalue weighted by Gasteiger charge is 2.23. The highest BCUT2D eigenvalue weighted by atomic mass is 16.6. The van der Waals surface area contributed by atoms with Crippen molar-refractivity contribution in [1.82, 2.24) is 15.5 Å². The van der Waals surface area contributed by atoms with Gasteiger partial charge in [0.2, 0.25) is 5.91 Å². The average Bonchev–Trinajstić information content (AvgIpc) is 2.52. The number of rotatable bonds is 9. The van der Waals surface area contributed by atoms with E-state index in [4.69, 9.17) is 4.74 Å². The van der Waals surface area contributed by atoms with Gasteiger partial charge in [0.15, 0.2) is 0 Å². The summed E-state index contributed by atoms with van der Waals surface area (Å²) in [6.07, 6.45) is 5.52. The summed E-state index contributed by atoms with van der Waals surface area (Å²) in [7, 11) is 0. The van der Waals surface area contributed by atoms with Crippen molar-refractivity contribution in [3.8, 4) is 0 Å². The number of hydrogen-bond donors (Lipinski definition) is 2. The van der Waals surface area contributed by atoms with Crippen LogP contribution in [0.2, 0.25) is 0 Å². The third-order valence-corrected chi connectivity index (χ3v) is 3.91. The normalized spacial score (nSPS) is 15.6. The van der Waals surface area contributed by atoms with Gasteiger partial charge in [-0.15, -0.1) is 0 Å². The van der Waals surface area contributed by atoms with E-state index in [9.17, 15) is 9.59 Å². The van der Waals surface area contributed by atoms with Crippen LogP contribution in [-0.2, 0) is 9.53 Å². The second-order valence-electron chi connectivity index (χ2n) is 5.72. The van der Waals surface area contributed by atoms with Crippen molar-refractivity contribution in [3.63, 3.8) is 0 Å². The number of carbonyl (C=O) groups is 2. The van der Waals surface area contributed by atoms with Crippen LogP contribution in [0.5, 0.6) is 0 Å². The first-order valence-electron chi connectivity index (χ1n) is 8.59. The predicted octanol–water partition coefficient (Wildman–Crippen LogP) is 1.89. The number of piperidine rings is 1. The Bertz CT molecular complexity index is 329. The minimum atomic E-state index is -0.215. The van der Waals surface area contributed by atoms with Crippen LogP contribution in [0.4, 0.5) is 4.79 Å². The molecule has 1 rings (SSSR count). The molecular weight excluding hydrogens is 282 g/mol. The van der Waals surface area contributed by atoms with E-state index in [0.29, 0.717) is 25.6 Å². The fourth-order valence-electron chi connectivity index (χ4n) is 2.56. The van der Waals surface area contributed by atoms with Crippen molar-refractivity contribution in [2.24, 2.45) is 0 Å². The Morgan fingerprint density at radius 1 is 1.14 bits per heavy atom. The van der Waals surface area contributed by atoms with Gasteiger partial charge in [0, 0.05) is 38.6 Å². The Hall–Kier alpha value is -1.30. The second kappa shape index (κ2) is 11.3. The number of carbonyl (C=O) groups excluding carboxylic acids is 2. The summed E-state index contributed by atoms with van der Waals surface area (Å²) in [6.45, 7) is 7.32. The van der Waals surface area contributed by atoms with Crippen molar-refractivity contribution in [3.05, 3.63) is 0 Å². The van der Waals surface area contributed by atoms with Crippen molar-refractivity contribution >= 4 is 12.0 Å². The van der Waals surface area contributed by atoms with Crippen LogP contribution in [0.25, 0.3) is 0 Å². The Labute approximate surface area is 134 Å². The summed E-state index contributed by atoms with van der Waals surface area (Å²) < 4.78 is 5.00. The minimum Gasteiger partial charge on any atom is -0.450 e. The Kier molecular flexibility index (Phi) is 9.62. The molecule has 0 spiro atoms. The Morgan fingerprint density at radius 2 is 1.86 bits per heavy atom. The van der Waals surface area contributed by atoms with Gasteiger partial charge < -0.3 is 20.3 Å². The van der Waals surface area contributed by atoms with Crippen LogP contribution in [0, 0.1) is 0 Å². The lowest BCUT2D eigenvalue weighted by atomic mass is 10.1. The molecule has 1 heterocycles. The van der Waals surface area contributed by atoms with Gasteiger partial charge in [0.05, 0.1) is 6.61 Å². The molecule has 0 radical (unpaired) electrons. The zero-order valence-electron chi connectivity index (χ0n) is 14.0.